The minimum Gasteiger partial charge on any atom is -0.391 e. The summed E-state index contributed by atoms with van der Waals surface area (Å²) < 4.78 is 0. The number of nitrogens with two attached hydrogens (primary N) is 1. The van der Waals surface area contributed by atoms with Crippen molar-refractivity contribution in [1.29, 1.82) is 0 Å². The van der Waals surface area contributed by atoms with Gasteiger partial charge in [-0.05, 0) is 26.7 Å². The molecule has 1 aliphatic carbocycles. The average molecular weight is 200 g/mol. The first kappa shape index (κ1) is 11.5. The van der Waals surface area contributed by atoms with Crippen molar-refractivity contribution >= 4 is 5.91 Å². The van der Waals surface area contributed by atoms with Gasteiger partial charge >= 0.3 is 0 Å². The van der Waals surface area contributed by atoms with Crippen LogP contribution in [0.25, 0.3) is 0 Å². The smallest absolute Gasteiger partial charge is 0.239 e. The number of rotatable bonds is 2. The van der Waals surface area contributed by atoms with E-state index in [1.165, 1.54) is 0 Å². The van der Waals surface area contributed by atoms with Gasteiger partial charge in [0.1, 0.15) is 0 Å². The van der Waals surface area contributed by atoms with Crippen LogP contribution in [0, 0.1) is 0 Å². The Kier molecular flexibility index (Phi) is 3.50. The molecule has 2 unspecified atom stereocenters. The summed E-state index contributed by atoms with van der Waals surface area (Å²) in [6.07, 6.45) is 3.32. The number of carbonyl (C=O) groups is 1. The first-order valence-corrected chi connectivity index (χ1v) is 5.19. The van der Waals surface area contributed by atoms with E-state index in [-0.39, 0.29) is 11.9 Å². The maximum Gasteiger partial charge on any atom is 0.239 e. The monoisotopic (exact) mass is 200 g/mol. The molecular formula is C10H20N2O2. The molecule has 1 amide bonds. The Hall–Kier alpha value is -0.610. The number of amides is 1. The molecule has 1 fully saturated rings. The highest BCUT2D eigenvalue weighted by atomic mass is 16.3. The van der Waals surface area contributed by atoms with Crippen LogP contribution in [0.4, 0.5) is 0 Å². The van der Waals surface area contributed by atoms with Gasteiger partial charge in [0.25, 0.3) is 0 Å². The second-order valence-electron chi connectivity index (χ2n) is 4.65. The summed E-state index contributed by atoms with van der Waals surface area (Å²) in [5.74, 6) is -0.191. The predicted molar refractivity (Wildman–Crippen MR) is 54.7 cm³/mol. The second kappa shape index (κ2) is 4.28. The second-order valence-corrected chi connectivity index (χ2v) is 4.65. The highest BCUT2D eigenvalue weighted by molar-refractivity contribution is 5.85. The van der Waals surface area contributed by atoms with Gasteiger partial charge < -0.3 is 16.2 Å². The SMILES string of the molecule is CC(C)(N)C(=O)NC1CCCCC1O. The molecule has 1 aliphatic rings. The van der Waals surface area contributed by atoms with Crippen LogP contribution in [-0.2, 0) is 4.79 Å². The van der Waals surface area contributed by atoms with Gasteiger partial charge in [-0.3, -0.25) is 4.79 Å². The lowest BCUT2D eigenvalue weighted by Gasteiger charge is -2.30. The van der Waals surface area contributed by atoms with E-state index < -0.39 is 11.6 Å². The molecule has 0 saturated heterocycles. The van der Waals surface area contributed by atoms with Crippen molar-refractivity contribution in [3.8, 4) is 0 Å². The summed E-state index contributed by atoms with van der Waals surface area (Å²) in [6.45, 7) is 3.33. The van der Waals surface area contributed by atoms with Crippen molar-refractivity contribution in [1.82, 2.24) is 5.32 Å². The largest absolute Gasteiger partial charge is 0.391 e. The summed E-state index contributed by atoms with van der Waals surface area (Å²) in [6, 6.07) is -0.112. The normalized spacial score (nSPS) is 28.6. The van der Waals surface area contributed by atoms with E-state index in [9.17, 15) is 9.90 Å². The van der Waals surface area contributed by atoms with E-state index >= 15 is 0 Å². The highest BCUT2D eigenvalue weighted by Crippen LogP contribution is 2.18. The zero-order valence-electron chi connectivity index (χ0n) is 8.92. The molecule has 14 heavy (non-hydrogen) atoms. The quantitative estimate of drug-likeness (QED) is 0.593. The number of carbonyl (C=O) groups excluding carboxylic acids is 1. The molecule has 4 heteroatoms. The van der Waals surface area contributed by atoms with E-state index in [2.05, 4.69) is 5.32 Å². The fourth-order valence-electron chi connectivity index (χ4n) is 1.63. The lowest BCUT2D eigenvalue weighted by Crippen LogP contribution is -2.55. The molecule has 0 aliphatic heterocycles. The summed E-state index contributed by atoms with van der Waals surface area (Å²) in [4.78, 5) is 11.5. The van der Waals surface area contributed by atoms with Gasteiger partial charge in [0.2, 0.25) is 5.91 Å². The molecule has 0 aromatic heterocycles. The third kappa shape index (κ3) is 2.96. The molecule has 0 radical (unpaired) electrons. The molecule has 0 spiro atoms. The maximum atomic E-state index is 11.5. The Morgan fingerprint density at radius 2 is 2.00 bits per heavy atom. The minimum absolute atomic E-state index is 0.112. The number of nitrogens with one attached hydrogen (secondary N) is 1. The van der Waals surface area contributed by atoms with Gasteiger partial charge in [-0.1, -0.05) is 12.8 Å². The van der Waals surface area contributed by atoms with Crippen LogP contribution in [0.15, 0.2) is 0 Å². The standard InChI is InChI=1S/C10H20N2O2/c1-10(2,11)9(14)12-7-5-3-4-6-8(7)13/h7-8,13H,3-6,11H2,1-2H3,(H,12,14). The Morgan fingerprint density at radius 1 is 1.43 bits per heavy atom. The van der Waals surface area contributed by atoms with Crippen molar-refractivity contribution in [3.63, 3.8) is 0 Å². The minimum atomic E-state index is -0.864. The van der Waals surface area contributed by atoms with Crippen molar-refractivity contribution < 1.29 is 9.90 Å². The molecule has 0 aromatic carbocycles. The first-order valence-electron chi connectivity index (χ1n) is 5.19. The Morgan fingerprint density at radius 3 is 2.50 bits per heavy atom. The molecule has 2 atom stereocenters. The maximum absolute atomic E-state index is 11.5. The topological polar surface area (TPSA) is 75.4 Å². The highest BCUT2D eigenvalue weighted by Gasteiger charge is 2.29. The van der Waals surface area contributed by atoms with E-state index in [4.69, 9.17) is 5.73 Å². The van der Waals surface area contributed by atoms with E-state index in [1.807, 2.05) is 0 Å². The first-order chi connectivity index (χ1) is 6.41. The molecule has 4 nitrogen and oxygen atoms in total. The van der Waals surface area contributed by atoms with Crippen LogP contribution in [0.2, 0.25) is 0 Å². The summed E-state index contributed by atoms with van der Waals surface area (Å²) in [5, 5.41) is 12.4. The van der Waals surface area contributed by atoms with E-state index in [0.717, 1.165) is 25.7 Å². The molecule has 0 heterocycles. The summed E-state index contributed by atoms with van der Waals surface area (Å²) in [7, 11) is 0. The van der Waals surface area contributed by atoms with E-state index in [0.29, 0.717) is 0 Å². The number of hydrogen-bond acceptors (Lipinski definition) is 3. The van der Waals surface area contributed by atoms with Crippen molar-refractivity contribution in [2.24, 2.45) is 5.73 Å². The zero-order valence-corrected chi connectivity index (χ0v) is 8.92. The average Bonchev–Trinajstić information content (AvgIpc) is 2.07. The molecule has 82 valence electrons. The zero-order chi connectivity index (χ0) is 10.8. The van der Waals surface area contributed by atoms with Crippen molar-refractivity contribution in [2.75, 3.05) is 0 Å². The number of aliphatic hydroxyl groups excluding tert-OH is 1. The summed E-state index contributed by atoms with van der Waals surface area (Å²) in [5.41, 5.74) is 4.78. The Bertz CT molecular complexity index is 211. The molecule has 4 N–H and O–H groups in total. The molecule has 0 aromatic rings. The number of aliphatic hydroxyl groups is 1. The van der Waals surface area contributed by atoms with Crippen LogP contribution in [0.3, 0.4) is 0 Å². The fraction of sp³-hybridized carbons (Fsp3) is 0.900. The van der Waals surface area contributed by atoms with Crippen LogP contribution >= 0.6 is 0 Å². The van der Waals surface area contributed by atoms with E-state index in [1.54, 1.807) is 13.8 Å². The van der Waals surface area contributed by atoms with Crippen LogP contribution in [0.5, 0.6) is 0 Å². The van der Waals surface area contributed by atoms with Crippen LogP contribution < -0.4 is 11.1 Å². The fourth-order valence-corrected chi connectivity index (χ4v) is 1.63. The number of hydrogen-bond donors (Lipinski definition) is 3. The lowest BCUT2D eigenvalue weighted by molar-refractivity contribution is -0.127. The summed E-state index contributed by atoms with van der Waals surface area (Å²) >= 11 is 0. The van der Waals surface area contributed by atoms with Gasteiger partial charge in [0, 0.05) is 0 Å². The molecule has 1 rings (SSSR count). The molecule has 1 saturated carbocycles. The predicted octanol–water partition coefficient (Wildman–Crippen LogP) is 0.143. The van der Waals surface area contributed by atoms with Gasteiger partial charge in [-0.25, -0.2) is 0 Å². The van der Waals surface area contributed by atoms with Gasteiger partial charge in [-0.15, -0.1) is 0 Å². The Balaban J connectivity index is 2.46. The third-order valence-electron chi connectivity index (χ3n) is 2.63. The Labute approximate surface area is 84.9 Å². The van der Waals surface area contributed by atoms with Crippen molar-refractivity contribution in [3.05, 3.63) is 0 Å². The van der Waals surface area contributed by atoms with Crippen LogP contribution in [0.1, 0.15) is 39.5 Å². The van der Waals surface area contributed by atoms with Gasteiger partial charge in [-0.2, -0.15) is 0 Å². The molecule has 0 bridgehead atoms. The van der Waals surface area contributed by atoms with Gasteiger partial charge in [0.05, 0.1) is 17.7 Å². The molecular weight excluding hydrogens is 180 g/mol. The van der Waals surface area contributed by atoms with Crippen molar-refractivity contribution in [2.45, 2.75) is 57.2 Å². The van der Waals surface area contributed by atoms with Gasteiger partial charge in [0.15, 0.2) is 0 Å². The van der Waals surface area contributed by atoms with Crippen LogP contribution in [-0.4, -0.2) is 28.7 Å². The lowest BCUT2D eigenvalue weighted by atomic mass is 9.92. The third-order valence-corrected chi connectivity index (χ3v) is 2.63.